The summed E-state index contributed by atoms with van der Waals surface area (Å²) in [4.78, 5) is 13.9. The molecule has 1 aromatic rings. The molecule has 0 bridgehead atoms. The predicted octanol–water partition coefficient (Wildman–Crippen LogP) is 0.857. The Hall–Kier alpha value is -1.45. The molecule has 12 heavy (non-hydrogen) atoms. The maximum absolute atomic E-state index is 12.5. The van der Waals surface area contributed by atoms with Crippen molar-refractivity contribution in [2.75, 3.05) is 0 Å². The molecule has 64 valence electrons. The van der Waals surface area contributed by atoms with Crippen LogP contribution in [0.4, 0.5) is 4.39 Å². The molecule has 0 aliphatic carbocycles. The Morgan fingerprint density at radius 1 is 1.75 bits per heavy atom. The van der Waals surface area contributed by atoms with E-state index < -0.39 is 5.95 Å². The van der Waals surface area contributed by atoms with Crippen molar-refractivity contribution in [2.45, 2.75) is 13.5 Å². The standard InChI is InChI=1S/C8H9FN2O/c1-6(12)11-5-7-2-3-10-8(9)4-7/h2-4H,5H2,1H3,(H,11,12). The summed E-state index contributed by atoms with van der Waals surface area (Å²) >= 11 is 0. The quantitative estimate of drug-likeness (QED) is 0.665. The van der Waals surface area contributed by atoms with E-state index in [1.165, 1.54) is 19.2 Å². The number of nitrogens with one attached hydrogen (secondary N) is 1. The Balaban J connectivity index is 2.57. The minimum absolute atomic E-state index is 0.132. The van der Waals surface area contributed by atoms with E-state index in [9.17, 15) is 9.18 Å². The molecule has 0 unspecified atom stereocenters. The number of pyridine rings is 1. The normalized spacial score (nSPS) is 9.50. The first-order valence-corrected chi connectivity index (χ1v) is 3.53. The van der Waals surface area contributed by atoms with Crippen LogP contribution in [0.5, 0.6) is 0 Å². The minimum Gasteiger partial charge on any atom is -0.352 e. The smallest absolute Gasteiger partial charge is 0.217 e. The summed E-state index contributed by atoms with van der Waals surface area (Å²) < 4.78 is 12.5. The summed E-state index contributed by atoms with van der Waals surface area (Å²) in [7, 11) is 0. The number of rotatable bonds is 2. The minimum atomic E-state index is -0.530. The molecule has 1 amide bonds. The highest BCUT2D eigenvalue weighted by Gasteiger charge is 1.96. The molecule has 3 nitrogen and oxygen atoms in total. The van der Waals surface area contributed by atoms with Crippen LogP contribution >= 0.6 is 0 Å². The van der Waals surface area contributed by atoms with Gasteiger partial charge in [0.25, 0.3) is 0 Å². The van der Waals surface area contributed by atoms with Gasteiger partial charge in [0.1, 0.15) is 0 Å². The maximum Gasteiger partial charge on any atom is 0.217 e. The first kappa shape index (κ1) is 8.64. The zero-order valence-electron chi connectivity index (χ0n) is 6.67. The topological polar surface area (TPSA) is 42.0 Å². The Bertz CT molecular complexity index is 288. The molecular formula is C8H9FN2O. The number of nitrogens with zero attached hydrogens (tertiary/aromatic N) is 1. The van der Waals surface area contributed by atoms with Crippen molar-refractivity contribution < 1.29 is 9.18 Å². The molecule has 0 aromatic carbocycles. The monoisotopic (exact) mass is 168 g/mol. The van der Waals surface area contributed by atoms with E-state index in [2.05, 4.69) is 10.3 Å². The molecule has 4 heteroatoms. The molecule has 0 saturated heterocycles. The second-order valence-electron chi connectivity index (χ2n) is 2.40. The van der Waals surface area contributed by atoms with Crippen molar-refractivity contribution in [1.29, 1.82) is 0 Å². The van der Waals surface area contributed by atoms with Gasteiger partial charge in [-0.2, -0.15) is 4.39 Å². The summed E-state index contributed by atoms with van der Waals surface area (Å²) in [6.07, 6.45) is 1.37. The van der Waals surface area contributed by atoms with Crippen LogP contribution in [0.2, 0.25) is 0 Å². The fraction of sp³-hybridized carbons (Fsp3) is 0.250. The average Bonchev–Trinajstić information content (AvgIpc) is 2.01. The first-order valence-electron chi connectivity index (χ1n) is 3.53. The maximum atomic E-state index is 12.5. The first-order chi connectivity index (χ1) is 5.68. The molecule has 0 saturated carbocycles. The van der Waals surface area contributed by atoms with E-state index in [0.29, 0.717) is 12.1 Å². The van der Waals surface area contributed by atoms with Gasteiger partial charge in [0.15, 0.2) is 0 Å². The second kappa shape index (κ2) is 3.80. The lowest BCUT2D eigenvalue weighted by atomic mass is 10.3. The van der Waals surface area contributed by atoms with Gasteiger partial charge in [-0.1, -0.05) is 0 Å². The summed E-state index contributed by atoms with van der Waals surface area (Å²) in [5.74, 6) is -0.662. The SMILES string of the molecule is CC(=O)NCc1ccnc(F)c1. The highest BCUT2D eigenvalue weighted by molar-refractivity contribution is 5.72. The molecule has 1 rings (SSSR count). The third-order valence-electron chi connectivity index (χ3n) is 1.33. The van der Waals surface area contributed by atoms with Gasteiger partial charge in [-0.15, -0.1) is 0 Å². The van der Waals surface area contributed by atoms with Gasteiger partial charge in [0.2, 0.25) is 11.9 Å². The molecule has 0 spiro atoms. The molecule has 0 aliphatic rings. The van der Waals surface area contributed by atoms with Gasteiger partial charge in [0.05, 0.1) is 0 Å². The summed E-state index contributed by atoms with van der Waals surface area (Å²) in [5, 5.41) is 2.56. The molecule has 1 N–H and O–H groups in total. The van der Waals surface area contributed by atoms with Crippen LogP contribution in [0, 0.1) is 5.95 Å². The third-order valence-corrected chi connectivity index (χ3v) is 1.33. The highest BCUT2D eigenvalue weighted by Crippen LogP contribution is 1.98. The van der Waals surface area contributed by atoms with Crippen LogP contribution in [0.15, 0.2) is 18.3 Å². The highest BCUT2D eigenvalue weighted by atomic mass is 19.1. The molecule has 1 heterocycles. The number of amides is 1. The summed E-state index contributed by atoms with van der Waals surface area (Å²) in [6.45, 7) is 1.76. The van der Waals surface area contributed by atoms with Crippen molar-refractivity contribution in [3.63, 3.8) is 0 Å². The zero-order chi connectivity index (χ0) is 8.97. The number of hydrogen-bond acceptors (Lipinski definition) is 2. The Labute approximate surface area is 69.6 Å². The summed E-state index contributed by atoms with van der Waals surface area (Å²) in [6, 6.07) is 2.94. The van der Waals surface area contributed by atoms with Gasteiger partial charge in [-0.05, 0) is 17.7 Å². The molecule has 0 aliphatic heterocycles. The van der Waals surface area contributed by atoms with Gasteiger partial charge in [-0.25, -0.2) is 4.98 Å². The van der Waals surface area contributed by atoms with Crippen molar-refractivity contribution in [2.24, 2.45) is 0 Å². The van der Waals surface area contributed by atoms with E-state index in [-0.39, 0.29) is 5.91 Å². The van der Waals surface area contributed by atoms with Gasteiger partial charge in [-0.3, -0.25) is 4.79 Å². The van der Waals surface area contributed by atoms with Gasteiger partial charge >= 0.3 is 0 Å². The third kappa shape index (κ3) is 2.65. The molecule has 1 aromatic heterocycles. The van der Waals surface area contributed by atoms with E-state index in [1.807, 2.05) is 0 Å². The number of carbonyl (C=O) groups excluding carboxylic acids is 1. The summed E-state index contributed by atoms with van der Waals surface area (Å²) in [5.41, 5.74) is 0.706. The van der Waals surface area contributed by atoms with Crippen LogP contribution in [0.3, 0.4) is 0 Å². The average molecular weight is 168 g/mol. The van der Waals surface area contributed by atoms with Crippen LogP contribution in [0.25, 0.3) is 0 Å². The molecule has 0 fully saturated rings. The number of carbonyl (C=O) groups is 1. The van der Waals surface area contributed by atoms with Crippen LogP contribution in [-0.2, 0) is 11.3 Å². The van der Waals surface area contributed by atoms with E-state index in [1.54, 1.807) is 6.07 Å². The molecular weight excluding hydrogens is 159 g/mol. The number of halogens is 1. The van der Waals surface area contributed by atoms with Crippen LogP contribution in [-0.4, -0.2) is 10.9 Å². The largest absolute Gasteiger partial charge is 0.352 e. The van der Waals surface area contributed by atoms with Crippen molar-refractivity contribution in [3.8, 4) is 0 Å². The lowest BCUT2D eigenvalue weighted by Crippen LogP contribution is -2.18. The Morgan fingerprint density at radius 2 is 2.50 bits per heavy atom. The van der Waals surface area contributed by atoms with E-state index >= 15 is 0 Å². The zero-order valence-corrected chi connectivity index (χ0v) is 6.67. The predicted molar refractivity (Wildman–Crippen MR) is 41.7 cm³/mol. The Kier molecular flexibility index (Phi) is 2.74. The lowest BCUT2D eigenvalue weighted by molar-refractivity contribution is -0.119. The fourth-order valence-electron chi connectivity index (χ4n) is 0.779. The van der Waals surface area contributed by atoms with Crippen LogP contribution < -0.4 is 5.32 Å². The van der Waals surface area contributed by atoms with Crippen molar-refractivity contribution >= 4 is 5.91 Å². The number of hydrogen-bond donors (Lipinski definition) is 1. The molecule has 0 atom stereocenters. The lowest BCUT2D eigenvalue weighted by Gasteiger charge is -2.00. The van der Waals surface area contributed by atoms with Gasteiger partial charge < -0.3 is 5.32 Å². The van der Waals surface area contributed by atoms with E-state index in [0.717, 1.165) is 0 Å². The van der Waals surface area contributed by atoms with E-state index in [4.69, 9.17) is 0 Å². The van der Waals surface area contributed by atoms with Crippen LogP contribution in [0.1, 0.15) is 12.5 Å². The van der Waals surface area contributed by atoms with Crippen molar-refractivity contribution in [3.05, 3.63) is 29.8 Å². The fourth-order valence-corrected chi connectivity index (χ4v) is 0.779. The number of aromatic nitrogens is 1. The van der Waals surface area contributed by atoms with Gasteiger partial charge in [0, 0.05) is 19.7 Å². The molecule has 0 radical (unpaired) electrons. The van der Waals surface area contributed by atoms with Crippen molar-refractivity contribution in [1.82, 2.24) is 10.3 Å². The second-order valence-corrected chi connectivity index (χ2v) is 2.40. The Morgan fingerprint density at radius 3 is 3.08 bits per heavy atom.